The van der Waals surface area contributed by atoms with Gasteiger partial charge in [-0.2, -0.15) is 0 Å². The van der Waals surface area contributed by atoms with Crippen LogP contribution in [0.4, 0.5) is 0 Å². The summed E-state index contributed by atoms with van der Waals surface area (Å²) in [7, 11) is 0. The summed E-state index contributed by atoms with van der Waals surface area (Å²) in [5.74, 6) is 0. The Bertz CT molecular complexity index is 132. The van der Waals surface area contributed by atoms with Gasteiger partial charge in [0.05, 0.1) is 18.8 Å². The maximum absolute atomic E-state index is 9.38. The predicted molar refractivity (Wildman–Crippen MR) is 52.7 cm³/mol. The maximum atomic E-state index is 9.38. The third-order valence-electron chi connectivity index (χ3n) is 2.68. The highest BCUT2D eigenvalue weighted by Gasteiger charge is 2.21. The van der Waals surface area contributed by atoms with Gasteiger partial charge in [0, 0.05) is 19.1 Å². The zero-order valence-corrected chi connectivity index (χ0v) is 8.86. The second kappa shape index (κ2) is 4.94. The van der Waals surface area contributed by atoms with Gasteiger partial charge in [-0.25, -0.2) is 0 Å². The van der Waals surface area contributed by atoms with Crippen molar-refractivity contribution in [3.05, 3.63) is 0 Å². The van der Waals surface area contributed by atoms with Crippen molar-refractivity contribution in [3.8, 4) is 0 Å². The zero-order chi connectivity index (χ0) is 9.84. The molecule has 1 rings (SSSR count). The largest absolute Gasteiger partial charge is 0.391 e. The fourth-order valence-corrected chi connectivity index (χ4v) is 1.71. The fourth-order valence-electron chi connectivity index (χ4n) is 1.71. The first-order valence-corrected chi connectivity index (χ1v) is 5.15. The molecule has 0 spiro atoms. The van der Waals surface area contributed by atoms with Crippen molar-refractivity contribution < 1.29 is 9.84 Å². The SMILES string of the molecule is CC(O)C1CCN(C(C)C)CCO1. The van der Waals surface area contributed by atoms with Gasteiger partial charge in [0.1, 0.15) is 0 Å². The highest BCUT2D eigenvalue weighted by Crippen LogP contribution is 2.12. The van der Waals surface area contributed by atoms with E-state index >= 15 is 0 Å². The van der Waals surface area contributed by atoms with E-state index in [2.05, 4.69) is 18.7 Å². The van der Waals surface area contributed by atoms with E-state index in [1.807, 2.05) is 0 Å². The van der Waals surface area contributed by atoms with Gasteiger partial charge < -0.3 is 9.84 Å². The van der Waals surface area contributed by atoms with Crippen LogP contribution in [-0.4, -0.2) is 48.0 Å². The normalized spacial score (nSPS) is 28.8. The Morgan fingerprint density at radius 1 is 1.31 bits per heavy atom. The molecule has 1 N–H and O–H groups in total. The Morgan fingerprint density at radius 3 is 2.54 bits per heavy atom. The first kappa shape index (κ1) is 11.0. The van der Waals surface area contributed by atoms with Gasteiger partial charge in [0.2, 0.25) is 0 Å². The molecule has 0 saturated carbocycles. The quantitative estimate of drug-likeness (QED) is 0.696. The van der Waals surface area contributed by atoms with Crippen LogP contribution in [0.2, 0.25) is 0 Å². The van der Waals surface area contributed by atoms with Gasteiger partial charge in [0.15, 0.2) is 0 Å². The first-order chi connectivity index (χ1) is 6.11. The van der Waals surface area contributed by atoms with E-state index in [4.69, 9.17) is 4.74 Å². The predicted octanol–water partition coefficient (Wildman–Crippen LogP) is 0.866. The van der Waals surface area contributed by atoms with E-state index in [1.165, 1.54) is 0 Å². The van der Waals surface area contributed by atoms with E-state index in [0.29, 0.717) is 6.04 Å². The molecule has 3 nitrogen and oxygen atoms in total. The van der Waals surface area contributed by atoms with Gasteiger partial charge in [0.25, 0.3) is 0 Å². The van der Waals surface area contributed by atoms with Crippen LogP contribution >= 0.6 is 0 Å². The molecule has 1 heterocycles. The van der Waals surface area contributed by atoms with Crippen LogP contribution in [0.1, 0.15) is 27.2 Å². The third-order valence-corrected chi connectivity index (χ3v) is 2.68. The Morgan fingerprint density at radius 2 is 2.00 bits per heavy atom. The Hall–Kier alpha value is -0.120. The summed E-state index contributed by atoms with van der Waals surface area (Å²) in [6.45, 7) is 8.96. The van der Waals surface area contributed by atoms with Crippen molar-refractivity contribution in [3.63, 3.8) is 0 Å². The fraction of sp³-hybridized carbons (Fsp3) is 1.00. The summed E-state index contributed by atoms with van der Waals surface area (Å²) >= 11 is 0. The van der Waals surface area contributed by atoms with Crippen LogP contribution in [0.15, 0.2) is 0 Å². The van der Waals surface area contributed by atoms with Crippen molar-refractivity contribution in [1.29, 1.82) is 0 Å². The lowest BCUT2D eigenvalue weighted by molar-refractivity contribution is -0.0227. The molecule has 0 bridgehead atoms. The molecule has 3 heteroatoms. The molecule has 0 aliphatic carbocycles. The number of aliphatic hydroxyl groups is 1. The van der Waals surface area contributed by atoms with Gasteiger partial charge in [-0.3, -0.25) is 4.90 Å². The van der Waals surface area contributed by atoms with E-state index in [1.54, 1.807) is 6.92 Å². The van der Waals surface area contributed by atoms with E-state index < -0.39 is 0 Å². The molecule has 1 aliphatic rings. The number of hydrogen-bond donors (Lipinski definition) is 1. The summed E-state index contributed by atoms with van der Waals surface area (Å²) < 4.78 is 5.55. The lowest BCUT2D eigenvalue weighted by Gasteiger charge is -2.23. The average molecular weight is 187 g/mol. The van der Waals surface area contributed by atoms with E-state index in [0.717, 1.165) is 26.1 Å². The molecule has 78 valence electrons. The monoisotopic (exact) mass is 187 g/mol. The number of aliphatic hydroxyl groups excluding tert-OH is 1. The van der Waals surface area contributed by atoms with Crippen molar-refractivity contribution in [2.45, 2.75) is 45.4 Å². The maximum Gasteiger partial charge on any atom is 0.0844 e. The lowest BCUT2D eigenvalue weighted by Crippen LogP contribution is -2.33. The van der Waals surface area contributed by atoms with Crippen LogP contribution in [0.3, 0.4) is 0 Å². The van der Waals surface area contributed by atoms with Gasteiger partial charge in [-0.1, -0.05) is 0 Å². The number of hydrogen-bond acceptors (Lipinski definition) is 3. The average Bonchev–Trinajstić information content (AvgIpc) is 2.27. The molecule has 0 radical (unpaired) electrons. The van der Waals surface area contributed by atoms with Crippen molar-refractivity contribution in [2.24, 2.45) is 0 Å². The third kappa shape index (κ3) is 3.25. The minimum Gasteiger partial charge on any atom is -0.391 e. The minimum atomic E-state index is -0.341. The van der Waals surface area contributed by atoms with Crippen LogP contribution in [0.5, 0.6) is 0 Å². The summed E-state index contributed by atoms with van der Waals surface area (Å²) in [6.07, 6.45) is 0.631. The summed E-state index contributed by atoms with van der Waals surface area (Å²) in [6, 6.07) is 0.580. The number of ether oxygens (including phenoxy) is 1. The van der Waals surface area contributed by atoms with E-state index in [-0.39, 0.29) is 12.2 Å². The van der Waals surface area contributed by atoms with Crippen LogP contribution in [0.25, 0.3) is 0 Å². The smallest absolute Gasteiger partial charge is 0.0844 e. The molecule has 1 aliphatic heterocycles. The van der Waals surface area contributed by atoms with Gasteiger partial charge in [-0.05, 0) is 27.2 Å². The molecule has 0 aromatic rings. The molecular formula is C10H21NO2. The summed E-state index contributed by atoms with van der Waals surface area (Å²) in [5.41, 5.74) is 0. The molecule has 2 atom stereocenters. The van der Waals surface area contributed by atoms with E-state index in [9.17, 15) is 5.11 Å². The molecule has 0 amide bonds. The van der Waals surface area contributed by atoms with Gasteiger partial charge in [-0.15, -0.1) is 0 Å². The first-order valence-electron chi connectivity index (χ1n) is 5.15. The lowest BCUT2D eigenvalue weighted by atomic mass is 10.1. The summed E-state index contributed by atoms with van der Waals surface area (Å²) in [5, 5.41) is 9.38. The summed E-state index contributed by atoms with van der Waals surface area (Å²) in [4.78, 5) is 2.39. The molecule has 1 fully saturated rings. The second-order valence-corrected chi connectivity index (χ2v) is 4.07. The van der Waals surface area contributed by atoms with Crippen molar-refractivity contribution >= 4 is 0 Å². The molecule has 0 aromatic heterocycles. The number of rotatable bonds is 2. The molecule has 13 heavy (non-hydrogen) atoms. The topological polar surface area (TPSA) is 32.7 Å². The van der Waals surface area contributed by atoms with Crippen LogP contribution in [-0.2, 0) is 4.74 Å². The van der Waals surface area contributed by atoms with Gasteiger partial charge >= 0.3 is 0 Å². The van der Waals surface area contributed by atoms with Crippen molar-refractivity contribution in [2.75, 3.05) is 19.7 Å². The Balaban J connectivity index is 2.39. The second-order valence-electron chi connectivity index (χ2n) is 4.07. The number of nitrogens with zero attached hydrogens (tertiary/aromatic N) is 1. The molecule has 1 saturated heterocycles. The highest BCUT2D eigenvalue weighted by molar-refractivity contribution is 4.73. The molecular weight excluding hydrogens is 166 g/mol. The standard InChI is InChI=1S/C10H21NO2/c1-8(2)11-5-4-10(9(3)12)13-7-6-11/h8-10,12H,4-7H2,1-3H3. The zero-order valence-electron chi connectivity index (χ0n) is 8.86. The van der Waals surface area contributed by atoms with Crippen LogP contribution in [0, 0.1) is 0 Å². The van der Waals surface area contributed by atoms with Crippen molar-refractivity contribution in [1.82, 2.24) is 4.90 Å². The molecule has 2 unspecified atom stereocenters. The minimum absolute atomic E-state index is 0.0312. The molecule has 0 aromatic carbocycles. The Kier molecular flexibility index (Phi) is 4.16. The highest BCUT2D eigenvalue weighted by atomic mass is 16.5. The Labute approximate surface area is 80.7 Å². The van der Waals surface area contributed by atoms with Crippen LogP contribution < -0.4 is 0 Å².